The molecule has 5 rings (SSSR count). The molecule has 0 spiro atoms. The zero-order chi connectivity index (χ0) is 26.2. The topological polar surface area (TPSA) is 149 Å². The molecule has 2 aromatic heterocycles. The predicted octanol–water partition coefficient (Wildman–Crippen LogP) is 4.15. The van der Waals surface area contributed by atoms with Crippen LogP contribution < -0.4 is 11.1 Å². The lowest BCUT2D eigenvalue weighted by molar-refractivity contribution is 0.0595. The zero-order valence-electron chi connectivity index (χ0n) is 19.5. The number of aromatic hydroxyl groups is 1. The van der Waals surface area contributed by atoms with E-state index in [9.17, 15) is 18.3 Å². The van der Waals surface area contributed by atoms with E-state index < -0.39 is 16.0 Å². The zero-order valence-corrected chi connectivity index (χ0v) is 20.3. The van der Waals surface area contributed by atoms with Gasteiger partial charge in [0.15, 0.2) is 17.3 Å². The number of carbonyl (C=O) groups excluding carboxylic acids is 1. The van der Waals surface area contributed by atoms with Crippen LogP contribution >= 0.6 is 0 Å². The minimum atomic E-state index is -3.83. The summed E-state index contributed by atoms with van der Waals surface area (Å²) in [5.41, 5.74) is 7.42. The van der Waals surface area contributed by atoms with Gasteiger partial charge in [-0.05, 0) is 42.5 Å². The molecule has 186 valence electrons. The van der Waals surface area contributed by atoms with Crippen molar-refractivity contribution in [1.82, 2.24) is 13.9 Å². The van der Waals surface area contributed by atoms with Crippen LogP contribution in [0.3, 0.4) is 0 Å². The van der Waals surface area contributed by atoms with Crippen molar-refractivity contribution >= 4 is 44.1 Å². The van der Waals surface area contributed by atoms with Crippen LogP contribution in [0.5, 0.6) is 5.75 Å². The van der Waals surface area contributed by atoms with E-state index in [0.29, 0.717) is 22.2 Å². The van der Waals surface area contributed by atoms with Gasteiger partial charge in [0.1, 0.15) is 11.4 Å². The number of nitrogens with zero attached hydrogens (tertiary/aromatic N) is 3. The van der Waals surface area contributed by atoms with Crippen molar-refractivity contribution in [3.05, 3.63) is 90.8 Å². The summed E-state index contributed by atoms with van der Waals surface area (Å²) in [6, 6.07) is 21.1. The molecule has 3 aromatic carbocycles. The van der Waals surface area contributed by atoms with Crippen molar-refractivity contribution in [2.75, 3.05) is 18.2 Å². The van der Waals surface area contributed by atoms with Crippen LogP contribution in [0.25, 0.3) is 22.3 Å². The Kier molecular flexibility index (Phi) is 5.98. The molecular weight excluding hydrogens is 494 g/mol. The molecule has 0 amide bonds. The fourth-order valence-corrected chi connectivity index (χ4v) is 5.25. The minimum absolute atomic E-state index is 0.00205. The number of fused-ring (bicyclic) bond motifs is 1. The number of phenols is 1. The number of anilines is 3. The molecule has 0 bridgehead atoms. The molecule has 0 unspecified atom stereocenters. The van der Waals surface area contributed by atoms with Gasteiger partial charge in [-0.1, -0.05) is 36.4 Å². The fourth-order valence-electron chi connectivity index (χ4n) is 3.89. The minimum Gasteiger partial charge on any atom is -0.508 e. The van der Waals surface area contributed by atoms with E-state index in [2.05, 4.69) is 15.3 Å². The maximum atomic E-state index is 13.2. The van der Waals surface area contributed by atoms with Crippen LogP contribution in [-0.2, 0) is 14.8 Å². The molecule has 2 heterocycles. The Morgan fingerprint density at radius 3 is 2.49 bits per heavy atom. The fraction of sp³-hybridized carbons (Fsp3) is 0.0385. The van der Waals surface area contributed by atoms with E-state index in [4.69, 9.17) is 10.5 Å². The van der Waals surface area contributed by atoms with Gasteiger partial charge in [0.05, 0.1) is 17.5 Å². The second-order valence-corrected chi connectivity index (χ2v) is 9.81. The van der Waals surface area contributed by atoms with Crippen molar-refractivity contribution in [1.29, 1.82) is 0 Å². The molecule has 37 heavy (non-hydrogen) atoms. The van der Waals surface area contributed by atoms with Crippen molar-refractivity contribution in [3.8, 4) is 17.1 Å². The number of methoxy groups -OCH3 is 1. The molecule has 0 radical (unpaired) electrons. The molecule has 11 heteroatoms. The predicted molar refractivity (Wildman–Crippen MR) is 139 cm³/mol. The lowest BCUT2D eigenvalue weighted by Gasteiger charge is -2.14. The van der Waals surface area contributed by atoms with Crippen LogP contribution in [0, 0.1) is 0 Å². The monoisotopic (exact) mass is 515 g/mol. The molecule has 5 aromatic rings. The van der Waals surface area contributed by atoms with Gasteiger partial charge in [0.25, 0.3) is 10.0 Å². The summed E-state index contributed by atoms with van der Waals surface area (Å²) in [7, 11) is -2.62. The Morgan fingerprint density at radius 2 is 1.76 bits per heavy atom. The molecule has 0 aliphatic heterocycles. The average molecular weight is 516 g/mol. The van der Waals surface area contributed by atoms with Crippen molar-refractivity contribution in [3.63, 3.8) is 0 Å². The summed E-state index contributed by atoms with van der Waals surface area (Å²) in [5, 5.41) is 13.6. The summed E-state index contributed by atoms with van der Waals surface area (Å²) in [5.74, 6) is -0.523. The maximum absolute atomic E-state index is 13.2. The molecule has 0 aliphatic carbocycles. The van der Waals surface area contributed by atoms with Gasteiger partial charge in [-0.3, -0.25) is 0 Å². The van der Waals surface area contributed by atoms with Gasteiger partial charge in [-0.15, -0.1) is 0 Å². The Balaban J connectivity index is 1.62. The number of ether oxygens (including phenoxy) is 1. The highest BCUT2D eigenvalue weighted by molar-refractivity contribution is 7.90. The van der Waals surface area contributed by atoms with Crippen molar-refractivity contribution < 1.29 is 23.1 Å². The number of nitrogens with one attached hydrogen (secondary N) is 1. The maximum Gasteiger partial charge on any atom is 0.359 e. The van der Waals surface area contributed by atoms with Crippen LogP contribution in [0.1, 0.15) is 10.5 Å². The number of hydrogen-bond donors (Lipinski definition) is 3. The van der Waals surface area contributed by atoms with E-state index >= 15 is 0 Å². The first kappa shape index (κ1) is 23.8. The molecular formula is C26H21N5O5S. The number of nitrogens with two attached hydrogens (primary N) is 1. The standard InChI is InChI=1S/C26H21N5O5S/c1-36-26(33)23-22(27)25(30-24(29-23)16-7-5-8-17(32)15-16)28-20-11-6-12-21-19(20)13-14-31(21)37(34,35)18-9-3-2-4-10-18/h2-15,32H,27H2,1H3,(H,28,29,30). The highest BCUT2D eigenvalue weighted by Crippen LogP contribution is 2.33. The number of aromatic nitrogens is 3. The van der Waals surface area contributed by atoms with Crippen LogP contribution in [0.15, 0.2) is 90.0 Å². The Hall–Kier alpha value is -4.90. The quantitative estimate of drug-likeness (QED) is 0.283. The molecule has 0 fully saturated rings. The highest BCUT2D eigenvalue weighted by Gasteiger charge is 2.22. The van der Waals surface area contributed by atoms with Crippen molar-refractivity contribution in [2.24, 2.45) is 0 Å². The summed E-state index contributed by atoms with van der Waals surface area (Å²) < 4.78 is 32.5. The smallest absolute Gasteiger partial charge is 0.359 e. The molecule has 0 aliphatic rings. The summed E-state index contributed by atoms with van der Waals surface area (Å²) in [6.45, 7) is 0. The Bertz CT molecular complexity index is 1750. The van der Waals surface area contributed by atoms with Gasteiger partial charge < -0.3 is 20.9 Å². The van der Waals surface area contributed by atoms with E-state index in [1.165, 1.54) is 41.5 Å². The molecule has 0 saturated heterocycles. The number of esters is 1. The van der Waals surface area contributed by atoms with Crippen molar-refractivity contribution in [2.45, 2.75) is 4.90 Å². The molecule has 10 nitrogen and oxygen atoms in total. The van der Waals surface area contributed by atoms with E-state index in [-0.39, 0.29) is 33.7 Å². The van der Waals surface area contributed by atoms with Gasteiger partial charge in [0.2, 0.25) is 0 Å². The first-order valence-electron chi connectivity index (χ1n) is 11.0. The van der Waals surface area contributed by atoms with Crippen LogP contribution in [-0.4, -0.2) is 40.5 Å². The van der Waals surface area contributed by atoms with Gasteiger partial charge in [-0.25, -0.2) is 27.2 Å². The second kappa shape index (κ2) is 9.28. The summed E-state index contributed by atoms with van der Waals surface area (Å²) in [4.78, 5) is 21.3. The third-order valence-electron chi connectivity index (χ3n) is 5.68. The molecule has 0 atom stereocenters. The Labute approximate surface area is 212 Å². The van der Waals surface area contributed by atoms with Gasteiger partial charge >= 0.3 is 5.97 Å². The van der Waals surface area contributed by atoms with E-state index in [0.717, 1.165) is 0 Å². The number of rotatable bonds is 6. The van der Waals surface area contributed by atoms with Crippen LogP contribution in [0.4, 0.5) is 17.2 Å². The van der Waals surface area contributed by atoms with Gasteiger partial charge in [0, 0.05) is 22.8 Å². The third-order valence-corrected chi connectivity index (χ3v) is 7.38. The Morgan fingerprint density at radius 1 is 1.00 bits per heavy atom. The molecule has 4 N–H and O–H groups in total. The first-order chi connectivity index (χ1) is 17.8. The number of nitrogen functional groups attached to an aromatic ring is 1. The highest BCUT2D eigenvalue weighted by atomic mass is 32.2. The summed E-state index contributed by atoms with van der Waals surface area (Å²) >= 11 is 0. The van der Waals surface area contributed by atoms with E-state index in [1.54, 1.807) is 54.6 Å². The number of phenolic OH excluding ortho intramolecular Hbond substituents is 1. The molecule has 0 saturated carbocycles. The average Bonchev–Trinajstić information content (AvgIpc) is 3.36. The second-order valence-electron chi connectivity index (χ2n) is 7.99. The van der Waals surface area contributed by atoms with E-state index in [1.807, 2.05) is 0 Å². The van der Waals surface area contributed by atoms with Gasteiger partial charge in [-0.2, -0.15) is 0 Å². The number of carbonyl (C=O) groups is 1. The largest absolute Gasteiger partial charge is 0.508 e. The SMILES string of the molecule is COC(=O)c1nc(-c2cccc(O)c2)nc(Nc2cccc3c2ccn3S(=O)(=O)c2ccccc2)c1N. The van der Waals surface area contributed by atoms with Crippen LogP contribution in [0.2, 0.25) is 0 Å². The lowest BCUT2D eigenvalue weighted by atomic mass is 10.2. The summed E-state index contributed by atoms with van der Waals surface area (Å²) in [6.07, 6.45) is 1.47. The number of benzene rings is 3. The number of hydrogen-bond acceptors (Lipinski definition) is 9. The first-order valence-corrected chi connectivity index (χ1v) is 12.5. The third kappa shape index (κ3) is 4.32. The normalized spacial score (nSPS) is 11.4. The lowest BCUT2D eigenvalue weighted by Crippen LogP contribution is -2.13.